The third-order valence-corrected chi connectivity index (χ3v) is 11.7. The number of hydrogen-bond donors (Lipinski definition) is 14. The predicted octanol–water partition coefficient (Wildman–Crippen LogP) is -7.75. The zero-order valence-corrected chi connectivity index (χ0v) is 34.1. The van der Waals surface area contributed by atoms with Crippen LogP contribution in [0.15, 0.2) is 0 Å². The van der Waals surface area contributed by atoms with Gasteiger partial charge in [0.05, 0.1) is 61.9 Å². The third kappa shape index (κ3) is 13.8. The summed E-state index contributed by atoms with van der Waals surface area (Å²) in [5.41, 5.74) is 48.9. The van der Waals surface area contributed by atoms with E-state index in [-0.39, 0.29) is 45.6 Å². The fourth-order valence-corrected chi connectivity index (χ4v) is 8.35. The lowest BCUT2D eigenvalue weighted by molar-refractivity contribution is -0.270. The number of nitrogens with two attached hydrogens (primary N) is 8. The van der Waals surface area contributed by atoms with Gasteiger partial charge < -0.3 is 115 Å². The minimum Gasteiger partial charge on any atom is -0.391 e. The van der Waals surface area contributed by atoms with E-state index in [0.29, 0.717) is 32.6 Å². The third-order valence-electron chi connectivity index (χ3n) is 11.7. The molecule has 2 aliphatic carbocycles. The molecule has 22 heteroatoms. The van der Waals surface area contributed by atoms with Crippen molar-refractivity contribution in [2.75, 3.05) is 66.6 Å². The number of nitrogens with zero attached hydrogens (tertiary/aromatic N) is 2. The average molecular weight is 841 g/mol. The van der Waals surface area contributed by atoms with Crippen molar-refractivity contribution < 1.29 is 59.1 Å². The van der Waals surface area contributed by atoms with E-state index in [1.807, 2.05) is 23.9 Å². The summed E-state index contributed by atoms with van der Waals surface area (Å²) in [5.74, 6) is 0. The van der Waals surface area contributed by atoms with Gasteiger partial charge in [0.15, 0.2) is 12.6 Å². The van der Waals surface area contributed by atoms with Crippen molar-refractivity contribution in [3.8, 4) is 0 Å². The molecule has 20 atom stereocenters. The van der Waals surface area contributed by atoms with Crippen LogP contribution in [-0.4, -0.2) is 229 Å². The van der Waals surface area contributed by atoms with Crippen molar-refractivity contribution in [2.24, 2.45) is 45.9 Å². The Kier molecular flexibility index (Phi) is 20.2. The standard InChI is InChI=1S/C36H76N10O12/c1-45(13-17(47)15-53-31-20(39)8-22(41)33(29(31)51)57-35-24(43)10-25(49)27(12-38)56-35)5-3-4-6-46(2)14-18(48)16-54-32-21(40)9-23(42)34(30(32)52)58-36-28(44)26(50)7-19(11-37)55-36/h17-36,47-52H,3-16,37-44H2,1-2H3/t17-,18+,19+,20-,21-,22+,23+,24-,25+,26+,27-,28-,29-,30-,31+,32+,33-,34-,35-,36+/m1/s1. The number of hydrogen-bond acceptors (Lipinski definition) is 22. The summed E-state index contributed by atoms with van der Waals surface area (Å²) in [7, 11) is 3.78. The minimum atomic E-state index is -1.23. The molecule has 0 aromatic heterocycles. The number of rotatable bonds is 21. The fraction of sp³-hybridized carbons (Fsp3) is 1.00. The molecule has 0 spiro atoms. The van der Waals surface area contributed by atoms with Crippen LogP contribution in [0.2, 0.25) is 0 Å². The molecular formula is C36H76N10O12. The number of ether oxygens (including phenoxy) is 6. The van der Waals surface area contributed by atoms with Crippen molar-refractivity contribution in [1.29, 1.82) is 0 Å². The Labute approximate surface area is 341 Å². The van der Waals surface area contributed by atoms with Crippen molar-refractivity contribution >= 4 is 0 Å². The maximum Gasteiger partial charge on any atom is 0.176 e. The first-order chi connectivity index (χ1) is 27.4. The van der Waals surface area contributed by atoms with Crippen molar-refractivity contribution in [2.45, 2.75) is 161 Å². The Balaban J connectivity index is 1.12. The molecule has 2 heterocycles. The van der Waals surface area contributed by atoms with Gasteiger partial charge >= 0.3 is 0 Å². The highest BCUT2D eigenvalue weighted by atomic mass is 16.7. The zero-order chi connectivity index (χ0) is 42.8. The Hall–Kier alpha value is -0.880. The van der Waals surface area contributed by atoms with E-state index in [2.05, 4.69) is 0 Å². The van der Waals surface area contributed by atoms with Crippen LogP contribution in [0.1, 0.15) is 38.5 Å². The molecular weight excluding hydrogens is 764 g/mol. The molecule has 4 rings (SSSR count). The molecule has 0 amide bonds. The van der Waals surface area contributed by atoms with E-state index in [9.17, 15) is 30.6 Å². The lowest BCUT2D eigenvalue weighted by Crippen LogP contribution is -2.65. The number of aliphatic hydroxyl groups excluding tert-OH is 6. The molecule has 2 saturated heterocycles. The van der Waals surface area contributed by atoms with Gasteiger partial charge in [0.2, 0.25) is 0 Å². The average Bonchev–Trinajstić information content (AvgIpc) is 3.15. The minimum absolute atomic E-state index is 0.0724. The maximum atomic E-state index is 11.2. The Morgan fingerprint density at radius 2 is 1.05 bits per heavy atom. The monoisotopic (exact) mass is 841 g/mol. The molecule has 58 heavy (non-hydrogen) atoms. The quantitative estimate of drug-likeness (QED) is 0.0477. The Morgan fingerprint density at radius 3 is 1.52 bits per heavy atom. The van der Waals surface area contributed by atoms with Crippen LogP contribution in [0, 0.1) is 0 Å². The van der Waals surface area contributed by atoms with Gasteiger partial charge in [-0.05, 0) is 59.3 Å². The topological polar surface area (TPSA) is 391 Å². The summed E-state index contributed by atoms with van der Waals surface area (Å²) in [4.78, 5) is 3.96. The van der Waals surface area contributed by atoms with Gasteiger partial charge in [0.1, 0.15) is 36.6 Å². The zero-order valence-electron chi connectivity index (χ0n) is 34.1. The van der Waals surface area contributed by atoms with E-state index >= 15 is 0 Å². The van der Waals surface area contributed by atoms with Gasteiger partial charge in [-0.2, -0.15) is 0 Å². The summed E-state index contributed by atoms with van der Waals surface area (Å²) >= 11 is 0. The highest BCUT2D eigenvalue weighted by Crippen LogP contribution is 2.30. The molecule has 0 bridgehead atoms. The largest absolute Gasteiger partial charge is 0.391 e. The Bertz CT molecular complexity index is 1180. The van der Waals surface area contributed by atoms with Gasteiger partial charge in [0.25, 0.3) is 0 Å². The van der Waals surface area contributed by atoms with Gasteiger partial charge in [-0.1, -0.05) is 0 Å². The van der Waals surface area contributed by atoms with E-state index in [1.165, 1.54) is 0 Å². The van der Waals surface area contributed by atoms with Crippen LogP contribution in [0.3, 0.4) is 0 Å². The molecule has 4 fully saturated rings. The van der Waals surface area contributed by atoms with Crippen molar-refractivity contribution in [3.63, 3.8) is 0 Å². The number of aliphatic hydroxyl groups is 6. The summed E-state index contributed by atoms with van der Waals surface area (Å²) in [6, 6.07) is -3.97. The molecule has 2 aliphatic heterocycles. The fourth-order valence-electron chi connectivity index (χ4n) is 8.35. The normalized spacial score (nSPS) is 42.5. The van der Waals surface area contributed by atoms with Crippen LogP contribution >= 0.6 is 0 Å². The van der Waals surface area contributed by atoms with Crippen molar-refractivity contribution in [1.82, 2.24) is 9.80 Å². The summed E-state index contributed by atoms with van der Waals surface area (Å²) in [5, 5.41) is 64.3. The molecule has 342 valence electrons. The second-order valence-electron chi connectivity index (χ2n) is 16.9. The molecule has 0 aromatic rings. The van der Waals surface area contributed by atoms with Crippen LogP contribution < -0.4 is 45.9 Å². The second kappa shape index (κ2) is 23.5. The second-order valence-corrected chi connectivity index (χ2v) is 16.9. The highest BCUT2D eigenvalue weighted by molar-refractivity contribution is 5.01. The summed E-state index contributed by atoms with van der Waals surface area (Å²) in [6.07, 6.45) is -9.80. The van der Waals surface area contributed by atoms with Gasteiger partial charge in [0, 0.05) is 56.8 Å². The van der Waals surface area contributed by atoms with Gasteiger partial charge in [-0.15, -0.1) is 0 Å². The van der Waals surface area contributed by atoms with E-state index in [0.717, 1.165) is 12.8 Å². The first-order valence-corrected chi connectivity index (χ1v) is 20.7. The first kappa shape index (κ1) is 49.8. The smallest absolute Gasteiger partial charge is 0.176 e. The first-order valence-electron chi connectivity index (χ1n) is 20.7. The Morgan fingerprint density at radius 1 is 0.586 bits per heavy atom. The lowest BCUT2D eigenvalue weighted by Gasteiger charge is -2.45. The van der Waals surface area contributed by atoms with E-state index in [1.54, 1.807) is 0 Å². The molecule has 0 aromatic carbocycles. The van der Waals surface area contributed by atoms with Crippen LogP contribution in [0.4, 0.5) is 0 Å². The summed E-state index contributed by atoms with van der Waals surface area (Å²) < 4.78 is 35.4. The van der Waals surface area contributed by atoms with E-state index < -0.39 is 122 Å². The SMILES string of the molecule is CN(CCCCN(C)C[C@@H](O)CO[C@@H]1[C@@H](O)[C@H](O[C@H]2O[C@H](CN)[C@@H](O)C[C@H]2N)[C@@H](N)C[C@H]1N)C[C@H](O)CO[C@@H]1[C@@H](O)[C@H](O[C@@H]2O[C@H](CN)C[C@H](O)[C@H]2N)[C@@H](N)C[C@H]1N. The molecule has 22 N–H and O–H groups in total. The van der Waals surface area contributed by atoms with Crippen LogP contribution in [-0.2, 0) is 28.4 Å². The molecule has 0 radical (unpaired) electrons. The lowest BCUT2D eigenvalue weighted by atomic mass is 9.84. The molecule has 0 unspecified atom stereocenters. The maximum absolute atomic E-state index is 11.2. The van der Waals surface area contributed by atoms with Crippen LogP contribution in [0.25, 0.3) is 0 Å². The highest BCUT2D eigenvalue weighted by Gasteiger charge is 2.48. The van der Waals surface area contributed by atoms with E-state index in [4.69, 9.17) is 74.3 Å². The van der Waals surface area contributed by atoms with Crippen molar-refractivity contribution in [3.05, 3.63) is 0 Å². The molecule has 4 aliphatic rings. The number of unbranched alkanes of at least 4 members (excludes halogenated alkanes) is 1. The summed E-state index contributed by atoms with van der Waals surface area (Å²) in [6.45, 7) is 2.11. The van der Waals surface area contributed by atoms with Gasteiger partial charge in [-0.25, -0.2) is 0 Å². The predicted molar refractivity (Wildman–Crippen MR) is 211 cm³/mol. The molecule has 22 nitrogen and oxygen atoms in total. The van der Waals surface area contributed by atoms with Crippen LogP contribution in [0.5, 0.6) is 0 Å². The number of likely N-dealkylation sites (N-methyl/N-ethyl adjacent to an activating group) is 2. The molecule has 2 saturated carbocycles. The van der Waals surface area contributed by atoms with Gasteiger partial charge in [-0.3, -0.25) is 0 Å².